The number of aryl methyl sites for hydroxylation is 3. The Balaban J connectivity index is 0.000000207. The van der Waals surface area contributed by atoms with Crippen LogP contribution in [0.15, 0.2) is 41.2 Å². The molecule has 1 saturated carbocycles. The number of hydrogen-bond acceptors (Lipinski definition) is 9. The van der Waals surface area contributed by atoms with Crippen LogP contribution in [0.4, 0.5) is 11.6 Å². The Hall–Kier alpha value is -4.71. The van der Waals surface area contributed by atoms with E-state index in [1.165, 1.54) is 12.3 Å². The van der Waals surface area contributed by atoms with Crippen LogP contribution in [0.5, 0.6) is 0 Å². The number of carbonyl (C=O) groups is 4. The number of carboxylic acid groups (broad SMARTS) is 1. The minimum Gasteiger partial charge on any atom is -0.478 e. The molecule has 42 heavy (non-hydrogen) atoms. The second-order valence-electron chi connectivity index (χ2n) is 10.1. The molecule has 3 N–H and O–H groups in total. The second-order valence-corrected chi connectivity index (χ2v) is 10.1. The molecule has 0 atom stereocenters. The Morgan fingerprint density at radius 2 is 1.45 bits per heavy atom. The van der Waals surface area contributed by atoms with E-state index >= 15 is 0 Å². The van der Waals surface area contributed by atoms with Crippen molar-refractivity contribution in [1.29, 1.82) is 0 Å². The Morgan fingerprint density at radius 3 is 1.95 bits per heavy atom. The summed E-state index contributed by atoms with van der Waals surface area (Å²) in [5.74, 6) is 1.77. The highest BCUT2D eigenvalue weighted by Gasteiger charge is 2.36. The number of hydrogen-bond donors (Lipinski definition) is 3. The maximum absolute atomic E-state index is 12.3. The Kier molecular flexibility index (Phi) is 9.58. The molecular formula is C29H29ClN6O6. The molecule has 2 aliphatic heterocycles. The fraction of sp³-hybridized carbons (Fsp3) is 0.310. The summed E-state index contributed by atoms with van der Waals surface area (Å²) in [6.45, 7) is 1.76. The molecule has 0 unspecified atom stereocenters. The van der Waals surface area contributed by atoms with Gasteiger partial charge in [0.15, 0.2) is 11.6 Å². The third-order valence-electron chi connectivity index (χ3n) is 7.04. The van der Waals surface area contributed by atoms with Crippen LogP contribution < -0.4 is 10.6 Å². The number of halogens is 1. The number of nitrogens with zero attached hydrogens (tertiary/aromatic N) is 4. The van der Waals surface area contributed by atoms with Crippen molar-refractivity contribution in [2.24, 2.45) is 5.92 Å². The number of pyridine rings is 2. The summed E-state index contributed by atoms with van der Waals surface area (Å²) < 4.78 is 4.98. The van der Waals surface area contributed by atoms with Crippen LogP contribution in [-0.4, -0.2) is 48.8 Å². The number of allylic oxidation sites excluding steroid dienone is 1. The monoisotopic (exact) mass is 592 g/mol. The van der Waals surface area contributed by atoms with Gasteiger partial charge >= 0.3 is 5.97 Å². The Bertz CT molecular complexity index is 1580. The molecule has 3 aliphatic rings. The summed E-state index contributed by atoms with van der Waals surface area (Å²) in [5, 5.41) is 17.8. The van der Waals surface area contributed by atoms with Crippen molar-refractivity contribution >= 4 is 59.8 Å². The first-order valence-corrected chi connectivity index (χ1v) is 13.2. The van der Waals surface area contributed by atoms with Crippen molar-refractivity contribution in [3.05, 3.63) is 70.6 Å². The molecule has 2 amide bonds. The highest BCUT2D eigenvalue weighted by atomic mass is 35.5. The fourth-order valence-electron chi connectivity index (χ4n) is 4.76. The summed E-state index contributed by atoms with van der Waals surface area (Å²) >= 11 is 0. The van der Waals surface area contributed by atoms with E-state index in [9.17, 15) is 19.2 Å². The summed E-state index contributed by atoms with van der Waals surface area (Å²) in [5.41, 5.74) is 3.53. The maximum atomic E-state index is 12.3. The van der Waals surface area contributed by atoms with Gasteiger partial charge < -0.3 is 20.3 Å². The maximum Gasteiger partial charge on any atom is 0.328 e. The zero-order valence-electron chi connectivity index (χ0n) is 22.7. The van der Waals surface area contributed by atoms with Crippen LogP contribution in [0.2, 0.25) is 0 Å². The number of anilines is 2. The van der Waals surface area contributed by atoms with E-state index < -0.39 is 5.97 Å². The van der Waals surface area contributed by atoms with Crippen LogP contribution >= 0.6 is 12.4 Å². The molecule has 12 nitrogen and oxygen atoms in total. The lowest BCUT2D eigenvalue weighted by Gasteiger charge is -2.31. The first-order chi connectivity index (χ1) is 19.7. The van der Waals surface area contributed by atoms with Crippen LogP contribution in [0.1, 0.15) is 65.6 Å². The quantitative estimate of drug-likeness (QED) is 0.355. The lowest BCUT2D eigenvalue weighted by atomic mass is 9.72. The van der Waals surface area contributed by atoms with Crippen LogP contribution in [0.25, 0.3) is 12.2 Å². The summed E-state index contributed by atoms with van der Waals surface area (Å²) in [6, 6.07) is 3.80. The number of aromatic nitrogens is 4. The fourth-order valence-corrected chi connectivity index (χ4v) is 4.76. The molecule has 0 radical (unpaired) electrons. The summed E-state index contributed by atoms with van der Waals surface area (Å²) in [6.07, 6.45) is 12.9. The second kappa shape index (κ2) is 13.3. The largest absolute Gasteiger partial charge is 0.478 e. The smallest absolute Gasteiger partial charge is 0.328 e. The number of aliphatic carboxylic acids is 1. The Labute approximate surface area is 247 Å². The van der Waals surface area contributed by atoms with Gasteiger partial charge in [0, 0.05) is 50.1 Å². The minimum absolute atomic E-state index is 0. The molecule has 3 aromatic heterocycles. The van der Waals surface area contributed by atoms with Crippen molar-refractivity contribution in [1.82, 2.24) is 20.1 Å². The number of carbonyl (C=O) groups excluding carboxylic acids is 3. The van der Waals surface area contributed by atoms with Gasteiger partial charge in [-0.2, -0.15) is 4.98 Å². The molecule has 6 rings (SSSR count). The molecule has 0 saturated heterocycles. The average molecular weight is 593 g/mol. The lowest BCUT2D eigenvalue weighted by molar-refractivity contribution is -0.131. The molecular weight excluding hydrogens is 564 g/mol. The van der Waals surface area contributed by atoms with Crippen molar-refractivity contribution in [2.45, 2.75) is 51.4 Å². The molecule has 0 aromatic carbocycles. The number of amides is 2. The van der Waals surface area contributed by atoms with Gasteiger partial charge in [0.05, 0.1) is 0 Å². The van der Waals surface area contributed by atoms with Crippen molar-refractivity contribution in [3.8, 4) is 0 Å². The topological polar surface area (TPSA) is 177 Å². The number of fused-ring (bicyclic) bond motifs is 2. The zero-order chi connectivity index (χ0) is 28.9. The predicted octanol–water partition coefficient (Wildman–Crippen LogP) is 3.92. The van der Waals surface area contributed by atoms with E-state index in [1.807, 2.05) is 12.1 Å². The third kappa shape index (κ3) is 7.52. The molecule has 1 aliphatic carbocycles. The molecule has 5 heterocycles. The van der Waals surface area contributed by atoms with Gasteiger partial charge in [0.2, 0.25) is 17.7 Å². The van der Waals surface area contributed by atoms with Gasteiger partial charge in [-0.05, 0) is 78.3 Å². The van der Waals surface area contributed by atoms with Crippen LogP contribution in [-0.2, 0) is 32.0 Å². The van der Waals surface area contributed by atoms with E-state index in [4.69, 9.17) is 9.63 Å². The van der Waals surface area contributed by atoms with Crippen LogP contribution in [0, 0.1) is 12.8 Å². The highest BCUT2D eigenvalue weighted by Crippen LogP contribution is 2.41. The van der Waals surface area contributed by atoms with Gasteiger partial charge in [0.1, 0.15) is 11.6 Å². The first-order valence-electron chi connectivity index (χ1n) is 13.2. The predicted molar refractivity (Wildman–Crippen MR) is 155 cm³/mol. The SMILES string of the molecule is Cc1nc(C2CC(C(=O)/C=C/c3cnc4c(c3)CCC(=O)N4)C2)no1.Cl.O=C(O)/C=C/c1cnc2c(c1)CCC(=O)N2. The van der Waals surface area contributed by atoms with Crippen molar-refractivity contribution in [3.63, 3.8) is 0 Å². The molecule has 0 bridgehead atoms. The van der Waals surface area contributed by atoms with Gasteiger partial charge in [-0.3, -0.25) is 14.4 Å². The molecule has 1 fully saturated rings. The lowest BCUT2D eigenvalue weighted by Crippen LogP contribution is -2.28. The van der Waals surface area contributed by atoms with Gasteiger partial charge in [-0.25, -0.2) is 14.8 Å². The summed E-state index contributed by atoms with van der Waals surface area (Å²) in [7, 11) is 0. The number of rotatable bonds is 6. The number of carboxylic acids is 1. The van der Waals surface area contributed by atoms with Gasteiger partial charge in [-0.1, -0.05) is 5.16 Å². The van der Waals surface area contributed by atoms with Crippen molar-refractivity contribution < 1.29 is 28.8 Å². The van der Waals surface area contributed by atoms with Gasteiger partial charge in [0.25, 0.3) is 0 Å². The van der Waals surface area contributed by atoms with E-state index in [0.717, 1.165) is 41.2 Å². The molecule has 3 aromatic rings. The molecule has 218 valence electrons. The third-order valence-corrected chi connectivity index (χ3v) is 7.04. The van der Waals surface area contributed by atoms with Crippen LogP contribution in [0.3, 0.4) is 0 Å². The van der Waals surface area contributed by atoms with Crippen molar-refractivity contribution in [2.75, 3.05) is 10.6 Å². The highest BCUT2D eigenvalue weighted by molar-refractivity contribution is 5.96. The Morgan fingerprint density at radius 1 is 0.905 bits per heavy atom. The van der Waals surface area contributed by atoms with E-state index in [0.29, 0.717) is 49.0 Å². The number of nitrogens with one attached hydrogen (secondary N) is 2. The summed E-state index contributed by atoms with van der Waals surface area (Å²) in [4.78, 5) is 57.6. The van der Waals surface area contributed by atoms with E-state index in [1.54, 1.807) is 25.3 Å². The normalized spacial score (nSPS) is 18.9. The average Bonchev–Trinajstić information content (AvgIpc) is 3.35. The van der Waals surface area contributed by atoms with E-state index in [2.05, 4.69) is 30.7 Å². The molecule has 13 heteroatoms. The standard InChI is InChI=1S/C18H18N4O3.C11H10N2O3.ClH/c1-10-20-18(22-25-10)14-7-13(8-14)15(23)4-2-11-6-12-3-5-16(24)21-17(12)19-9-11;14-9-3-2-8-5-7(1-4-10(15)16)6-12-11(8)13-9;/h2,4,6,9,13-14H,3,5,7-8H2,1H3,(H,19,21,24);1,4-6H,2-3H2,(H,15,16)(H,12,13,14);1H/b4-2+;4-1+;. The first kappa shape index (κ1) is 30.3. The van der Waals surface area contributed by atoms with E-state index in [-0.39, 0.29) is 41.8 Å². The minimum atomic E-state index is -0.994. The molecule has 0 spiro atoms. The number of ketones is 1. The van der Waals surface area contributed by atoms with Gasteiger partial charge in [-0.15, -0.1) is 12.4 Å². The zero-order valence-corrected chi connectivity index (χ0v) is 23.5.